The summed E-state index contributed by atoms with van der Waals surface area (Å²) in [6, 6.07) is 4.82. The monoisotopic (exact) mass is 350 g/mol. The lowest BCUT2D eigenvalue weighted by Crippen LogP contribution is -2.38. The fourth-order valence-corrected chi connectivity index (χ4v) is 3.91. The van der Waals surface area contributed by atoms with E-state index >= 15 is 0 Å². The lowest BCUT2D eigenvalue weighted by atomic mass is 9.93. The molecule has 0 spiro atoms. The van der Waals surface area contributed by atoms with Gasteiger partial charge in [-0.05, 0) is 31.0 Å². The van der Waals surface area contributed by atoms with Crippen LogP contribution in [-0.4, -0.2) is 35.2 Å². The Morgan fingerprint density at radius 2 is 1.65 bits per heavy atom. The molecule has 0 atom stereocenters. The molecular weight excluding hydrogens is 339 g/mol. The van der Waals surface area contributed by atoms with E-state index in [0.717, 1.165) is 31.6 Å². The fraction of sp³-hybridized carbons (Fsp3) is 0.250. The Morgan fingerprint density at radius 3 is 2.35 bits per heavy atom. The average Bonchev–Trinajstić information content (AvgIpc) is 3.05. The zero-order valence-corrected chi connectivity index (χ0v) is 13.5. The van der Waals surface area contributed by atoms with Gasteiger partial charge in [0.05, 0.1) is 21.2 Å². The summed E-state index contributed by atoms with van der Waals surface area (Å²) in [7, 11) is 0. The number of carbonyl (C=O) groups is 2. The van der Waals surface area contributed by atoms with Gasteiger partial charge in [0.1, 0.15) is 0 Å². The molecule has 1 N–H and O–H groups in total. The number of anilines is 1. The molecule has 0 unspecified atom stereocenters. The summed E-state index contributed by atoms with van der Waals surface area (Å²) in [5.41, 5.74) is 1.17. The van der Waals surface area contributed by atoms with Crippen LogP contribution in [0.25, 0.3) is 10.8 Å². The molecular formula is C16H12Cl2N2O3. The van der Waals surface area contributed by atoms with Crippen molar-refractivity contribution in [1.82, 2.24) is 5.06 Å². The smallest absolute Gasteiger partial charge is 0.287 e. The van der Waals surface area contributed by atoms with Gasteiger partial charge in [-0.1, -0.05) is 23.2 Å². The van der Waals surface area contributed by atoms with Crippen LogP contribution >= 0.6 is 23.2 Å². The van der Waals surface area contributed by atoms with Crippen LogP contribution in [0.1, 0.15) is 33.6 Å². The maximum absolute atomic E-state index is 12.3. The number of hydroxylamine groups is 2. The maximum atomic E-state index is 12.3. The van der Waals surface area contributed by atoms with Gasteiger partial charge in [0.25, 0.3) is 11.8 Å². The lowest BCUT2D eigenvalue weighted by molar-refractivity contribution is -0.0377. The summed E-state index contributed by atoms with van der Waals surface area (Å²) < 4.78 is 0. The predicted molar refractivity (Wildman–Crippen MR) is 87.7 cm³/mol. The molecule has 7 heteroatoms. The highest BCUT2D eigenvalue weighted by Gasteiger charge is 2.36. The van der Waals surface area contributed by atoms with Crippen molar-refractivity contribution < 1.29 is 14.8 Å². The molecule has 2 aliphatic rings. The number of amides is 2. The van der Waals surface area contributed by atoms with Crippen LogP contribution < -0.4 is 4.90 Å². The minimum absolute atomic E-state index is 0.104. The van der Waals surface area contributed by atoms with Crippen molar-refractivity contribution in [3.05, 3.63) is 39.4 Å². The second-order valence-electron chi connectivity index (χ2n) is 5.71. The third-order valence-corrected chi connectivity index (χ3v) is 5.05. The molecule has 118 valence electrons. The van der Waals surface area contributed by atoms with Crippen molar-refractivity contribution in [2.45, 2.75) is 12.8 Å². The van der Waals surface area contributed by atoms with Crippen LogP contribution in [0.3, 0.4) is 0 Å². The zero-order valence-electron chi connectivity index (χ0n) is 12.0. The second kappa shape index (κ2) is 5.09. The minimum atomic E-state index is -0.826. The molecule has 1 saturated heterocycles. The molecule has 2 amide bonds. The molecule has 0 aliphatic carbocycles. The molecule has 0 aromatic heterocycles. The van der Waals surface area contributed by atoms with E-state index in [0.29, 0.717) is 15.8 Å². The van der Waals surface area contributed by atoms with Crippen LogP contribution in [0, 0.1) is 0 Å². The summed E-state index contributed by atoms with van der Waals surface area (Å²) in [6.45, 7) is 1.75. The quantitative estimate of drug-likeness (QED) is 0.628. The molecule has 23 heavy (non-hydrogen) atoms. The van der Waals surface area contributed by atoms with Crippen molar-refractivity contribution in [2.24, 2.45) is 0 Å². The fourth-order valence-electron chi connectivity index (χ4n) is 3.38. The van der Waals surface area contributed by atoms with Crippen LogP contribution in [0.5, 0.6) is 0 Å². The first-order chi connectivity index (χ1) is 11.0. The normalized spacial score (nSPS) is 17.5. The van der Waals surface area contributed by atoms with E-state index in [1.54, 1.807) is 12.1 Å². The van der Waals surface area contributed by atoms with Crippen molar-refractivity contribution >= 4 is 51.5 Å². The second-order valence-corrected chi connectivity index (χ2v) is 6.53. The lowest BCUT2D eigenvalue weighted by Gasteiger charge is -2.27. The molecule has 1 fully saturated rings. The van der Waals surface area contributed by atoms with Crippen molar-refractivity contribution in [1.29, 1.82) is 0 Å². The number of benzene rings is 2. The van der Waals surface area contributed by atoms with Gasteiger partial charge >= 0.3 is 0 Å². The zero-order chi connectivity index (χ0) is 16.3. The van der Waals surface area contributed by atoms with E-state index in [1.165, 1.54) is 6.07 Å². The first-order valence-corrected chi connectivity index (χ1v) is 8.03. The molecule has 2 aromatic rings. The van der Waals surface area contributed by atoms with Gasteiger partial charge in [-0.15, -0.1) is 5.06 Å². The summed E-state index contributed by atoms with van der Waals surface area (Å²) in [4.78, 5) is 26.7. The van der Waals surface area contributed by atoms with E-state index in [9.17, 15) is 14.8 Å². The van der Waals surface area contributed by atoms with E-state index in [1.807, 2.05) is 0 Å². The molecule has 2 aromatic carbocycles. The highest BCUT2D eigenvalue weighted by atomic mass is 35.5. The summed E-state index contributed by atoms with van der Waals surface area (Å²) >= 11 is 12.7. The number of rotatable bonds is 1. The first kappa shape index (κ1) is 14.8. The third kappa shape index (κ3) is 1.97. The van der Waals surface area contributed by atoms with Gasteiger partial charge in [0.2, 0.25) is 0 Å². The topological polar surface area (TPSA) is 60.9 Å². The number of hydrogen-bond acceptors (Lipinski definition) is 4. The average molecular weight is 351 g/mol. The van der Waals surface area contributed by atoms with Crippen LogP contribution in [-0.2, 0) is 0 Å². The van der Waals surface area contributed by atoms with Crippen molar-refractivity contribution in [2.75, 3.05) is 18.0 Å². The first-order valence-electron chi connectivity index (χ1n) is 7.28. The van der Waals surface area contributed by atoms with Crippen molar-refractivity contribution in [3.63, 3.8) is 0 Å². The predicted octanol–water partition coefficient (Wildman–Crippen LogP) is 3.73. The van der Waals surface area contributed by atoms with Gasteiger partial charge in [-0.25, -0.2) is 0 Å². The minimum Gasteiger partial charge on any atom is -0.371 e. The van der Waals surface area contributed by atoms with Gasteiger partial charge in [0, 0.05) is 29.5 Å². The standard InChI is InChI=1S/C16H12Cl2N2O3/c17-9-4-3-8-12-13(9)11(19-5-1-2-6-19)7-10(18)14(12)16(22)20(23)15(8)21/h3-4,7,23H,1-2,5-6H2. The molecule has 0 saturated carbocycles. The Kier molecular flexibility index (Phi) is 3.27. The Morgan fingerprint density at radius 1 is 0.957 bits per heavy atom. The number of halogens is 2. The number of hydrogen-bond donors (Lipinski definition) is 1. The summed E-state index contributed by atoms with van der Waals surface area (Å²) in [5.74, 6) is -1.59. The van der Waals surface area contributed by atoms with Gasteiger partial charge in [-0.3, -0.25) is 14.8 Å². The van der Waals surface area contributed by atoms with E-state index < -0.39 is 11.8 Å². The number of carbonyl (C=O) groups excluding carboxylic acids is 2. The molecule has 4 rings (SSSR count). The molecule has 2 aliphatic heterocycles. The summed E-state index contributed by atoms with van der Waals surface area (Å²) in [5, 5.41) is 11.6. The SMILES string of the molecule is O=C1c2ccc(Cl)c3c(N4CCCC4)cc(Cl)c(c23)C(=O)N1O. The highest BCUT2D eigenvalue weighted by molar-refractivity contribution is 6.43. The van der Waals surface area contributed by atoms with E-state index in [-0.39, 0.29) is 21.2 Å². The molecule has 2 heterocycles. The Balaban J connectivity index is 2.15. The molecule has 0 radical (unpaired) electrons. The van der Waals surface area contributed by atoms with Gasteiger partial charge < -0.3 is 4.90 Å². The van der Waals surface area contributed by atoms with Crippen LogP contribution in [0.4, 0.5) is 5.69 Å². The van der Waals surface area contributed by atoms with E-state index in [2.05, 4.69) is 4.90 Å². The third-order valence-electron chi connectivity index (χ3n) is 4.44. The Hall–Kier alpha value is -1.82. The van der Waals surface area contributed by atoms with Gasteiger partial charge in [-0.2, -0.15) is 0 Å². The largest absolute Gasteiger partial charge is 0.371 e. The Labute approximate surface area is 141 Å². The van der Waals surface area contributed by atoms with Crippen LogP contribution in [0.15, 0.2) is 18.2 Å². The maximum Gasteiger partial charge on any atom is 0.287 e. The molecule has 0 bridgehead atoms. The highest BCUT2D eigenvalue weighted by Crippen LogP contribution is 2.43. The van der Waals surface area contributed by atoms with E-state index in [4.69, 9.17) is 23.2 Å². The van der Waals surface area contributed by atoms with Gasteiger partial charge in [0.15, 0.2) is 0 Å². The molecule has 5 nitrogen and oxygen atoms in total. The van der Waals surface area contributed by atoms with Crippen molar-refractivity contribution in [3.8, 4) is 0 Å². The number of nitrogens with zero attached hydrogens (tertiary/aromatic N) is 2. The number of imide groups is 1. The summed E-state index contributed by atoms with van der Waals surface area (Å²) in [6.07, 6.45) is 2.14. The Bertz CT molecular complexity index is 875. The van der Waals surface area contributed by atoms with Crippen LogP contribution in [0.2, 0.25) is 10.0 Å².